The number of carbonyl (C=O) groups is 3. The second-order valence-electron chi connectivity index (χ2n) is 10.3. The predicted octanol–water partition coefficient (Wildman–Crippen LogP) is 4.05. The summed E-state index contributed by atoms with van der Waals surface area (Å²) in [6.45, 7) is 8.66. The van der Waals surface area contributed by atoms with Crippen molar-refractivity contribution in [2.75, 3.05) is 43.1 Å². The number of esters is 1. The maximum atomic E-state index is 14.0. The van der Waals surface area contributed by atoms with Crippen LogP contribution in [0.1, 0.15) is 52.9 Å². The number of aliphatic hydroxyl groups excluding tert-OH is 1. The molecule has 3 heterocycles. The third-order valence-corrected chi connectivity index (χ3v) is 11.4. The van der Waals surface area contributed by atoms with Gasteiger partial charge >= 0.3 is 5.97 Å². The Morgan fingerprint density at radius 2 is 1.84 bits per heavy atom. The first-order valence-electron chi connectivity index (χ1n) is 13.9. The molecular weight excluding hydrogens is 570 g/mol. The molecule has 6 atom stereocenters. The zero-order chi connectivity index (χ0) is 27.4. The minimum atomic E-state index is -0.677. The molecule has 8 nitrogen and oxygen atoms in total. The Balaban J connectivity index is 1.60. The summed E-state index contributed by atoms with van der Waals surface area (Å²) >= 11 is 5.39. The van der Waals surface area contributed by atoms with Crippen LogP contribution in [0, 0.1) is 11.8 Å². The molecule has 10 heteroatoms. The maximum absolute atomic E-state index is 14.0. The minimum Gasteiger partial charge on any atom is -0.466 e. The molecule has 0 aliphatic carbocycles. The number of thioether (sulfide) groups is 1. The highest BCUT2D eigenvalue weighted by atomic mass is 79.9. The number of benzene rings is 1. The van der Waals surface area contributed by atoms with Crippen LogP contribution < -0.4 is 10.2 Å². The number of amides is 2. The number of nitrogens with one attached hydrogen (secondary N) is 1. The van der Waals surface area contributed by atoms with Crippen LogP contribution in [0.15, 0.2) is 24.3 Å². The largest absolute Gasteiger partial charge is 0.466 e. The summed E-state index contributed by atoms with van der Waals surface area (Å²) in [7, 11) is 0. The van der Waals surface area contributed by atoms with Crippen LogP contribution >= 0.6 is 27.7 Å². The van der Waals surface area contributed by atoms with Crippen LogP contribution in [0.4, 0.5) is 11.4 Å². The number of ether oxygens (including phenoxy) is 1. The van der Waals surface area contributed by atoms with Crippen LogP contribution in [0.25, 0.3) is 0 Å². The molecule has 2 N–H and O–H groups in total. The van der Waals surface area contributed by atoms with E-state index < -0.39 is 22.6 Å². The van der Waals surface area contributed by atoms with Crippen molar-refractivity contribution in [3.05, 3.63) is 24.3 Å². The number of unbranched alkanes of at least 4 members (excludes halogenated alkanes) is 3. The number of rotatable bonds is 13. The van der Waals surface area contributed by atoms with Crippen LogP contribution in [0.2, 0.25) is 0 Å². The van der Waals surface area contributed by atoms with Crippen LogP contribution in [-0.4, -0.2) is 81.5 Å². The fourth-order valence-corrected chi connectivity index (χ4v) is 10.1. The van der Waals surface area contributed by atoms with Gasteiger partial charge in [-0.1, -0.05) is 28.8 Å². The highest BCUT2D eigenvalue weighted by Gasteiger charge is 2.75. The van der Waals surface area contributed by atoms with Gasteiger partial charge in [-0.05, 0) is 64.3 Å². The predicted molar refractivity (Wildman–Crippen MR) is 155 cm³/mol. The third-order valence-electron chi connectivity index (χ3n) is 8.17. The average molecular weight is 611 g/mol. The topological polar surface area (TPSA) is 99.2 Å². The zero-order valence-corrected chi connectivity index (χ0v) is 24.9. The van der Waals surface area contributed by atoms with Gasteiger partial charge in [-0.25, -0.2) is 0 Å². The number of alkyl halides is 1. The lowest BCUT2D eigenvalue weighted by atomic mass is 9.71. The molecule has 1 aromatic carbocycles. The van der Waals surface area contributed by atoms with Gasteiger partial charge in [0.25, 0.3) is 0 Å². The first kappa shape index (κ1) is 29.2. The SMILES string of the molecule is CCOC(=O)[C@H]1[C@@H]2SC3(CC2Br)C(C(=O)Nc2ccc(N(CC)CC)cc2)N(CCCCCCO)C(=O)[C@H]13. The summed E-state index contributed by atoms with van der Waals surface area (Å²) in [6.07, 6.45) is 3.85. The number of hydrogen-bond acceptors (Lipinski definition) is 7. The lowest BCUT2D eigenvalue weighted by molar-refractivity contribution is -0.153. The van der Waals surface area contributed by atoms with E-state index in [9.17, 15) is 14.4 Å². The molecule has 0 radical (unpaired) electrons. The molecule has 1 aromatic rings. The quantitative estimate of drug-likeness (QED) is 0.198. The molecule has 0 saturated carbocycles. The van der Waals surface area contributed by atoms with Crippen molar-refractivity contribution in [1.29, 1.82) is 0 Å². The molecule has 3 saturated heterocycles. The van der Waals surface area contributed by atoms with Crippen LogP contribution in [-0.2, 0) is 19.1 Å². The monoisotopic (exact) mass is 609 g/mol. The van der Waals surface area contributed by atoms with Gasteiger partial charge in [0.15, 0.2) is 0 Å². The highest BCUT2D eigenvalue weighted by molar-refractivity contribution is 9.09. The lowest BCUT2D eigenvalue weighted by Crippen LogP contribution is -2.52. The number of fused-ring (bicyclic) bond motifs is 1. The number of nitrogens with zero attached hydrogens (tertiary/aromatic N) is 2. The Labute approximate surface area is 238 Å². The average Bonchev–Trinajstić information content (AvgIpc) is 3.49. The van der Waals surface area contributed by atoms with Crippen molar-refractivity contribution >= 4 is 56.9 Å². The Hall–Kier alpha value is -1.78. The first-order valence-corrected chi connectivity index (χ1v) is 15.7. The lowest BCUT2D eigenvalue weighted by Gasteiger charge is -2.35. The van der Waals surface area contributed by atoms with Crippen LogP contribution in [0.3, 0.4) is 0 Å². The second-order valence-corrected chi connectivity index (χ2v) is 13.0. The second kappa shape index (κ2) is 12.6. The van der Waals surface area contributed by atoms with Crippen molar-refractivity contribution < 1.29 is 24.2 Å². The fraction of sp³-hybridized carbons (Fsp3) is 0.679. The number of anilines is 2. The van der Waals surface area contributed by atoms with E-state index in [0.717, 1.165) is 44.5 Å². The Morgan fingerprint density at radius 3 is 2.47 bits per heavy atom. The third kappa shape index (κ3) is 5.32. The van der Waals surface area contributed by atoms with Gasteiger partial charge in [0, 0.05) is 47.7 Å². The summed E-state index contributed by atoms with van der Waals surface area (Å²) in [5, 5.41) is 12.1. The van der Waals surface area contributed by atoms with E-state index in [1.807, 2.05) is 24.3 Å². The van der Waals surface area contributed by atoms with E-state index in [1.165, 1.54) is 0 Å². The van der Waals surface area contributed by atoms with Gasteiger partial charge in [0.2, 0.25) is 11.8 Å². The molecule has 4 rings (SSSR count). The van der Waals surface area contributed by atoms with Gasteiger partial charge in [0.1, 0.15) is 6.04 Å². The Morgan fingerprint density at radius 1 is 1.16 bits per heavy atom. The molecule has 2 bridgehead atoms. The van der Waals surface area contributed by atoms with Crippen molar-refractivity contribution in [2.45, 2.75) is 73.7 Å². The maximum Gasteiger partial charge on any atom is 0.310 e. The molecule has 1 spiro atoms. The molecule has 3 fully saturated rings. The van der Waals surface area contributed by atoms with Crippen molar-refractivity contribution in [3.63, 3.8) is 0 Å². The Kier molecular flexibility index (Phi) is 9.68. The normalized spacial score (nSPS) is 29.4. The summed E-state index contributed by atoms with van der Waals surface area (Å²) < 4.78 is 4.73. The molecular formula is C28H40BrN3O5S. The number of carbonyl (C=O) groups excluding carboxylic acids is 3. The van der Waals surface area contributed by atoms with Crippen molar-refractivity contribution in [2.24, 2.45) is 11.8 Å². The van der Waals surface area contributed by atoms with E-state index in [2.05, 4.69) is 40.0 Å². The van der Waals surface area contributed by atoms with Crippen LogP contribution in [0.5, 0.6) is 0 Å². The smallest absolute Gasteiger partial charge is 0.310 e. The summed E-state index contributed by atoms with van der Waals surface area (Å²) in [5.41, 5.74) is 1.78. The minimum absolute atomic E-state index is 0.0270. The van der Waals surface area contributed by atoms with E-state index >= 15 is 0 Å². The molecule has 0 aromatic heterocycles. The molecule has 3 aliphatic rings. The van der Waals surface area contributed by atoms with Crippen molar-refractivity contribution in [3.8, 4) is 0 Å². The standard InChI is InChI=1S/C28H40BrN3O5S/c1-4-31(5-2)19-13-11-18(12-14-19)30-25(34)24-28-17-20(29)23(38-28)21(27(36)37-6-3)22(28)26(35)32(24)15-9-7-8-10-16-33/h11-14,20-24,33H,4-10,15-17H2,1-3H3,(H,30,34)/t20?,21-,22+,23-,24?,28?/m1/s1. The summed E-state index contributed by atoms with van der Waals surface area (Å²) in [6, 6.07) is 7.15. The van der Waals surface area contributed by atoms with Gasteiger partial charge in [0.05, 0.1) is 23.2 Å². The van der Waals surface area contributed by atoms with E-state index in [-0.39, 0.29) is 41.1 Å². The van der Waals surface area contributed by atoms with Crippen molar-refractivity contribution in [1.82, 2.24) is 4.90 Å². The zero-order valence-electron chi connectivity index (χ0n) is 22.5. The Bertz CT molecular complexity index is 1010. The number of aliphatic hydroxyl groups is 1. The van der Waals surface area contributed by atoms with Gasteiger partial charge in [-0.2, -0.15) is 0 Å². The summed E-state index contributed by atoms with van der Waals surface area (Å²) in [4.78, 5) is 45.0. The number of hydrogen-bond donors (Lipinski definition) is 2. The van der Waals surface area contributed by atoms with Gasteiger partial charge in [-0.3, -0.25) is 14.4 Å². The number of likely N-dealkylation sites (tertiary alicyclic amines) is 1. The first-order chi connectivity index (χ1) is 18.3. The molecule has 38 heavy (non-hydrogen) atoms. The van der Waals surface area contributed by atoms with E-state index in [4.69, 9.17) is 9.84 Å². The molecule has 3 aliphatic heterocycles. The summed E-state index contributed by atoms with van der Waals surface area (Å²) in [5.74, 6) is -1.79. The fourth-order valence-electron chi connectivity index (χ4n) is 6.48. The van der Waals surface area contributed by atoms with Gasteiger partial charge < -0.3 is 25.0 Å². The van der Waals surface area contributed by atoms with E-state index in [0.29, 0.717) is 18.7 Å². The number of halogens is 1. The molecule has 3 unspecified atom stereocenters. The highest BCUT2D eigenvalue weighted by Crippen LogP contribution is 2.67. The molecule has 210 valence electrons. The van der Waals surface area contributed by atoms with Gasteiger partial charge in [-0.15, -0.1) is 11.8 Å². The van der Waals surface area contributed by atoms with E-state index in [1.54, 1.807) is 23.6 Å². The molecule has 2 amide bonds.